The van der Waals surface area contributed by atoms with Crippen LogP contribution < -0.4 is 10.6 Å². The van der Waals surface area contributed by atoms with Crippen molar-refractivity contribution in [2.24, 2.45) is 0 Å². The molecule has 1 aromatic carbocycles. The monoisotopic (exact) mass is 361 g/mol. The molecule has 2 N–H and O–H groups in total. The van der Waals surface area contributed by atoms with Crippen molar-refractivity contribution < 1.29 is 24.0 Å². The van der Waals surface area contributed by atoms with E-state index in [1.54, 1.807) is 12.3 Å². The molecule has 1 unspecified atom stereocenters. The number of hydrogen-bond donors (Lipinski definition) is 2. The Bertz CT molecular complexity index is 807. The van der Waals surface area contributed by atoms with Gasteiger partial charge in [-0.3, -0.25) is 34.2 Å². The predicted molar refractivity (Wildman–Crippen MR) is 90.1 cm³/mol. The summed E-state index contributed by atoms with van der Waals surface area (Å²) in [5.74, 6) is -2.42. The third kappa shape index (κ3) is 3.02. The van der Waals surface area contributed by atoms with Crippen LogP contribution in [-0.4, -0.2) is 52.5 Å². The van der Waals surface area contributed by atoms with Gasteiger partial charge in [-0.15, -0.1) is 0 Å². The predicted octanol–water partition coefficient (Wildman–Crippen LogP) is 0.389. The number of carbonyl (C=O) groups excluding carboxylic acids is 5. The molecule has 0 aromatic heterocycles. The molecule has 1 atom stereocenters. The maximum Gasteiger partial charge on any atom is 0.264 e. The fraction of sp³-hybridized carbons (Fsp3) is 0.312. The number of thioether (sulfide) groups is 1. The van der Waals surface area contributed by atoms with E-state index >= 15 is 0 Å². The Kier molecular flexibility index (Phi) is 4.58. The molecule has 0 saturated carbocycles. The lowest BCUT2D eigenvalue weighted by Gasteiger charge is -2.27. The molecule has 0 spiro atoms. The van der Waals surface area contributed by atoms with Crippen molar-refractivity contribution in [2.45, 2.75) is 18.9 Å². The van der Waals surface area contributed by atoms with Crippen molar-refractivity contribution in [3.05, 3.63) is 29.3 Å². The maximum absolute atomic E-state index is 12.8. The molecular formula is C16H15N3O5S. The molecule has 1 fully saturated rings. The largest absolute Gasteiger partial charge is 0.325 e. The van der Waals surface area contributed by atoms with E-state index in [0.717, 1.165) is 4.90 Å². The number of carbonyl (C=O) groups is 5. The molecule has 5 amide bonds. The number of fused-ring (bicyclic) bond motifs is 1. The number of imide groups is 2. The standard InChI is InChI=1S/C16H15N3O5S/c1-25-7-12(21)17-9-4-2-3-8-13(9)16(24)19(15(8)23)10-5-6-11(20)18-14(10)22/h2-4,10H,5-7H2,1H3,(H,17,21)(H,18,20,22). The van der Waals surface area contributed by atoms with Crippen molar-refractivity contribution in [3.63, 3.8) is 0 Å². The highest BCUT2D eigenvalue weighted by atomic mass is 32.2. The summed E-state index contributed by atoms with van der Waals surface area (Å²) >= 11 is 1.33. The van der Waals surface area contributed by atoms with Crippen LogP contribution >= 0.6 is 11.8 Å². The molecular weight excluding hydrogens is 346 g/mol. The van der Waals surface area contributed by atoms with Gasteiger partial charge < -0.3 is 5.32 Å². The molecule has 3 rings (SSSR count). The number of hydrogen-bond acceptors (Lipinski definition) is 6. The van der Waals surface area contributed by atoms with Crippen LogP contribution in [-0.2, 0) is 14.4 Å². The minimum absolute atomic E-state index is 0.0567. The van der Waals surface area contributed by atoms with Crippen molar-refractivity contribution in [3.8, 4) is 0 Å². The summed E-state index contributed by atoms with van der Waals surface area (Å²) in [6.07, 6.45) is 1.92. The van der Waals surface area contributed by atoms with Gasteiger partial charge in [0.1, 0.15) is 6.04 Å². The first-order valence-electron chi connectivity index (χ1n) is 7.57. The van der Waals surface area contributed by atoms with Gasteiger partial charge in [-0.25, -0.2) is 0 Å². The second-order valence-corrected chi connectivity index (χ2v) is 6.52. The number of rotatable bonds is 4. The number of nitrogens with one attached hydrogen (secondary N) is 2. The van der Waals surface area contributed by atoms with Crippen molar-refractivity contribution in [1.82, 2.24) is 10.2 Å². The molecule has 2 aliphatic rings. The summed E-state index contributed by atoms with van der Waals surface area (Å²) in [6, 6.07) is 3.55. The highest BCUT2D eigenvalue weighted by Gasteiger charge is 2.45. The third-order valence-corrected chi connectivity index (χ3v) is 4.57. The van der Waals surface area contributed by atoms with Crippen LogP contribution in [0.2, 0.25) is 0 Å². The zero-order chi connectivity index (χ0) is 18.1. The Labute approximate surface area is 147 Å². The average molecular weight is 361 g/mol. The molecule has 8 nitrogen and oxygen atoms in total. The summed E-state index contributed by atoms with van der Waals surface area (Å²) in [7, 11) is 0. The molecule has 1 saturated heterocycles. The molecule has 0 bridgehead atoms. The molecule has 25 heavy (non-hydrogen) atoms. The van der Waals surface area contributed by atoms with E-state index < -0.39 is 29.7 Å². The number of amides is 5. The van der Waals surface area contributed by atoms with Gasteiger partial charge in [0.05, 0.1) is 22.6 Å². The average Bonchev–Trinajstić information content (AvgIpc) is 2.81. The van der Waals surface area contributed by atoms with Crippen LogP contribution in [0.25, 0.3) is 0 Å². The van der Waals surface area contributed by atoms with Crippen molar-refractivity contribution in [2.75, 3.05) is 17.3 Å². The van der Waals surface area contributed by atoms with E-state index in [2.05, 4.69) is 10.6 Å². The second-order valence-electron chi connectivity index (χ2n) is 5.66. The molecule has 130 valence electrons. The van der Waals surface area contributed by atoms with Gasteiger partial charge >= 0.3 is 0 Å². The zero-order valence-electron chi connectivity index (χ0n) is 13.3. The quantitative estimate of drug-likeness (QED) is 0.750. The van der Waals surface area contributed by atoms with Crippen LogP contribution in [0, 0.1) is 0 Å². The summed E-state index contributed by atoms with van der Waals surface area (Å²) in [6.45, 7) is 0. The number of nitrogens with zero attached hydrogens (tertiary/aromatic N) is 1. The molecule has 2 aliphatic heterocycles. The van der Waals surface area contributed by atoms with E-state index in [-0.39, 0.29) is 41.3 Å². The minimum atomic E-state index is -1.03. The third-order valence-electron chi connectivity index (χ3n) is 4.02. The Morgan fingerprint density at radius 1 is 1.28 bits per heavy atom. The fourth-order valence-corrected chi connectivity index (χ4v) is 3.27. The Morgan fingerprint density at radius 3 is 2.72 bits per heavy atom. The first-order valence-corrected chi connectivity index (χ1v) is 8.96. The minimum Gasteiger partial charge on any atom is -0.325 e. The van der Waals surface area contributed by atoms with Gasteiger partial charge in [0.2, 0.25) is 17.7 Å². The van der Waals surface area contributed by atoms with E-state index in [4.69, 9.17) is 0 Å². The van der Waals surface area contributed by atoms with Gasteiger partial charge in [-0.05, 0) is 24.8 Å². The molecule has 1 aromatic rings. The Balaban J connectivity index is 1.93. The van der Waals surface area contributed by atoms with Crippen LogP contribution in [0.3, 0.4) is 0 Å². The van der Waals surface area contributed by atoms with Gasteiger partial charge in [-0.1, -0.05) is 6.07 Å². The summed E-state index contributed by atoms with van der Waals surface area (Å²) < 4.78 is 0. The van der Waals surface area contributed by atoms with Crippen molar-refractivity contribution >= 4 is 47.0 Å². The lowest BCUT2D eigenvalue weighted by Crippen LogP contribution is -2.54. The summed E-state index contributed by atoms with van der Waals surface area (Å²) in [5.41, 5.74) is 0.452. The number of anilines is 1. The van der Waals surface area contributed by atoms with E-state index in [9.17, 15) is 24.0 Å². The number of piperidine rings is 1. The van der Waals surface area contributed by atoms with Crippen LogP contribution in [0.1, 0.15) is 33.6 Å². The first-order chi connectivity index (χ1) is 11.9. The normalized spacial score (nSPS) is 19.7. The lowest BCUT2D eigenvalue weighted by molar-refractivity contribution is -0.136. The Morgan fingerprint density at radius 2 is 2.04 bits per heavy atom. The zero-order valence-corrected chi connectivity index (χ0v) is 14.1. The highest BCUT2D eigenvalue weighted by molar-refractivity contribution is 7.99. The van der Waals surface area contributed by atoms with Crippen LogP contribution in [0.4, 0.5) is 5.69 Å². The van der Waals surface area contributed by atoms with E-state index in [1.165, 1.54) is 23.9 Å². The summed E-state index contributed by atoms with van der Waals surface area (Å²) in [4.78, 5) is 61.4. The van der Waals surface area contributed by atoms with E-state index in [1.807, 2.05) is 0 Å². The summed E-state index contributed by atoms with van der Waals surface area (Å²) in [5, 5.41) is 4.76. The number of benzene rings is 1. The van der Waals surface area contributed by atoms with Crippen LogP contribution in [0.15, 0.2) is 18.2 Å². The smallest absolute Gasteiger partial charge is 0.264 e. The first kappa shape index (κ1) is 17.2. The van der Waals surface area contributed by atoms with Gasteiger partial charge in [0.15, 0.2) is 0 Å². The Hall–Kier alpha value is -2.68. The van der Waals surface area contributed by atoms with Crippen molar-refractivity contribution in [1.29, 1.82) is 0 Å². The maximum atomic E-state index is 12.8. The molecule has 2 heterocycles. The van der Waals surface area contributed by atoms with Gasteiger partial charge in [-0.2, -0.15) is 11.8 Å². The van der Waals surface area contributed by atoms with Gasteiger partial charge in [0.25, 0.3) is 11.8 Å². The fourth-order valence-electron chi connectivity index (χ4n) is 2.94. The highest BCUT2D eigenvalue weighted by Crippen LogP contribution is 2.32. The van der Waals surface area contributed by atoms with Gasteiger partial charge in [0, 0.05) is 6.42 Å². The van der Waals surface area contributed by atoms with Crippen LogP contribution in [0.5, 0.6) is 0 Å². The molecule has 0 radical (unpaired) electrons. The molecule has 0 aliphatic carbocycles. The SMILES string of the molecule is CSCC(=O)Nc1cccc2c1C(=O)N(C1CCC(=O)NC1=O)C2=O. The topological polar surface area (TPSA) is 113 Å². The van der Waals surface area contributed by atoms with E-state index in [0.29, 0.717) is 0 Å². The second kappa shape index (κ2) is 6.67. The molecule has 9 heteroatoms. The lowest BCUT2D eigenvalue weighted by atomic mass is 10.0.